The second-order valence-corrected chi connectivity index (χ2v) is 6.01. The smallest absolute Gasteiger partial charge is 0.258 e. The summed E-state index contributed by atoms with van der Waals surface area (Å²) in [6.45, 7) is 4.25. The molecule has 0 heterocycles. The quantitative estimate of drug-likeness (QED) is 0.325. The van der Waals surface area contributed by atoms with E-state index >= 15 is 0 Å². The van der Waals surface area contributed by atoms with Crippen molar-refractivity contribution in [1.82, 2.24) is 0 Å². The minimum absolute atomic E-state index is 0.156. The van der Waals surface area contributed by atoms with Crippen LogP contribution in [0.4, 0.5) is 5.69 Å². The van der Waals surface area contributed by atoms with Crippen LogP contribution in [0.5, 0.6) is 0 Å². The summed E-state index contributed by atoms with van der Waals surface area (Å²) in [5.41, 5.74) is 1.32. The van der Waals surface area contributed by atoms with Crippen molar-refractivity contribution in [1.29, 1.82) is 0 Å². The van der Waals surface area contributed by atoms with E-state index in [9.17, 15) is 10.1 Å². The maximum absolute atomic E-state index is 10.6. The molecule has 0 radical (unpaired) electrons. The summed E-state index contributed by atoms with van der Waals surface area (Å²) in [6.07, 6.45) is 1.04. The lowest BCUT2D eigenvalue weighted by Crippen LogP contribution is -2.09. The van der Waals surface area contributed by atoms with Crippen LogP contribution in [-0.4, -0.2) is 9.75 Å². The van der Waals surface area contributed by atoms with E-state index < -0.39 is 0 Å². The summed E-state index contributed by atoms with van der Waals surface area (Å²) >= 11 is 5.78. The topological polar surface area (TPSA) is 43.1 Å². The lowest BCUT2D eigenvalue weighted by atomic mass is 9.96. The second kappa shape index (κ2) is 5.95. The summed E-state index contributed by atoms with van der Waals surface area (Å²) in [7, 11) is 0. The zero-order valence-corrected chi connectivity index (χ0v) is 12.9. The normalized spacial score (nSPS) is 14.5. The van der Waals surface area contributed by atoms with Gasteiger partial charge in [0.1, 0.15) is 0 Å². The number of hydrogen-bond donors (Lipinski definition) is 0. The Labute approximate surface area is 117 Å². The van der Waals surface area contributed by atoms with Gasteiger partial charge in [0.15, 0.2) is 0 Å². The molecule has 0 bridgehead atoms. The third kappa shape index (κ3) is 3.16. The molecule has 0 aliphatic carbocycles. The maximum Gasteiger partial charge on any atom is 0.270 e. The molecular formula is C11H13BrINO2. The number of nitro benzene ring substituents is 1. The Bertz CT molecular complexity index is 398. The zero-order chi connectivity index (χ0) is 12.3. The van der Waals surface area contributed by atoms with Crippen molar-refractivity contribution in [2.24, 2.45) is 0 Å². The van der Waals surface area contributed by atoms with Gasteiger partial charge in [-0.3, -0.25) is 10.1 Å². The molecule has 1 aromatic rings. The number of hydrogen-bond acceptors (Lipinski definition) is 2. The van der Waals surface area contributed by atoms with Crippen LogP contribution < -0.4 is 0 Å². The fraction of sp³-hybridized carbons (Fsp3) is 0.455. The minimum atomic E-state index is -0.359. The van der Waals surface area contributed by atoms with Gasteiger partial charge in [-0.05, 0) is 40.5 Å². The Hall–Kier alpha value is -0.170. The fourth-order valence-electron chi connectivity index (χ4n) is 1.55. The number of non-ortho nitro benzene ring substituents is 1. The molecule has 0 aliphatic rings. The molecule has 1 aromatic carbocycles. The largest absolute Gasteiger partial charge is 0.270 e. The monoisotopic (exact) mass is 397 g/mol. The first-order valence-electron chi connectivity index (χ1n) is 5.05. The van der Waals surface area contributed by atoms with Crippen molar-refractivity contribution in [3.8, 4) is 0 Å². The number of nitrogens with zero attached hydrogens (tertiary/aromatic N) is 1. The van der Waals surface area contributed by atoms with Crippen molar-refractivity contribution in [2.75, 3.05) is 0 Å². The first-order chi connectivity index (χ1) is 7.47. The van der Waals surface area contributed by atoms with Gasteiger partial charge in [0.05, 0.1) is 4.92 Å². The standard InChI is InChI=1S/C11H13BrINO2/c1-3-10(12)7(2)9-5-4-8(14(15)16)6-11(9)13/h4-7,10H,3H2,1-2H3. The van der Waals surface area contributed by atoms with E-state index in [-0.39, 0.29) is 10.6 Å². The van der Waals surface area contributed by atoms with Gasteiger partial charge in [0, 0.05) is 20.5 Å². The van der Waals surface area contributed by atoms with Crippen LogP contribution in [0.1, 0.15) is 31.7 Å². The van der Waals surface area contributed by atoms with Crippen molar-refractivity contribution in [3.05, 3.63) is 37.4 Å². The molecule has 1 rings (SSSR count). The van der Waals surface area contributed by atoms with Crippen LogP contribution in [0.15, 0.2) is 18.2 Å². The van der Waals surface area contributed by atoms with E-state index in [0.29, 0.717) is 10.7 Å². The fourth-order valence-corrected chi connectivity index (χ4v) is 2.82. The summed E-state index contributed by atoms with van der Waals surface area (Å²) in [5.74, 6) is 0.359. The highest BCUT2D eigenvalue weighted by Gasteiger charge is 2.18. The SMILES string of the molecule is CCC(Br)C(C)c1ccc([N+](=O)[O-])cc1I. The van der Waals surface area contributed by atoms with Crippen LogP contribution in [0.2, 0.25) is 0 Å². The van der Waals surface area contributed by atoms with Crippen molar-refractivity contribution < 1.29 is 4.92 Å². The Balaban J connectivity index is 3.03. The summed E-state index contributed by atoms with van der Waals surface area (Å²) in [6, 6.07) is 5.06. The van der Waals surface area contributed by atoms with Gasteiger partial charge in [0.2, 0.25) is 0 Å². The van der Waals surface area contributed by atoms with E-state index in [0.717, 1.165) is 15.6 Å². The molecule has 0 amide bonds. The van der Waals surface area contributed by atoms with Crippen molar-refractivity contribution in [2.45, 2.75) is 31.0 Å². The minimum Gasteiger partial charge on any atom is -0.258 e. The second-order valence-electron chi connectivity index (χ2n) is 3.68. The van der Waals surface area contributed by atoms with E-state index in [4.69, 9.17) is 0 Å². The highest BCUT2D eigenvalue weighted by Crippen LogP contribution is 2.31. The van der Waals surface area contributed by atoms with Crippen LogP contribution in [0.3, 0.4) is 0 Å². The van der Waals surface area contributed by atoms with E-state index in [1.165, 1.54) is 0 Å². The van der Waals surface area contributed by atoms with Gasteiger partial charge in [0.25, 0.3) is 5.69 Å². The van der Waals surface area contributed by atoms with Crippen LogP contribution in [-0.2, 0) is 0 Å². The van der Waals surface area contributed by atoms with Gasteiger partial charge in [-0.15, -0.1) is 0 Å². The number of benzene rings is 1. The molecule has 0 saturated heterocycles. The van der Waals surface area contributed by atoms with Crippen molar-refractivity contribution >= 4 is 44.2 Å². The summed E-state index contributed by atoms with van der Waals surface area (Å²) < 4.78 is 0.956. The first-order valence-corrected chi connectivity index (χ1v) is 7.04. The Morgan fingerprint density at radius 2 is 2.19 bits per heavy atom. The number of nitro groups is 1. The Morgan fingerprint density at radius 1 is 1.56 bits per heavy atom. The van der Waals surface area contributed by atoms with Gasteiger partial charge >= 0.3 is 0 Å². The summed E-state index contributed by atoms with van der Waals surface area (Å²) in [4.78, 5) is 10.7. The van der Waals surface area contributed by atoms with Gasteiger partial charge in [-0.1, -0.05) is 35.8 Å². The zero-order valence-electron chi connectivity index (χ0n) is 9.11. The summed E-state index contributed by atoms with van der Waals surface area (Å²) in [5, 5.41) is 10.6. The van der Waals surface area contributed by atoms with Crippen LogP contribution >= 0.6 is 38.5 Å². The molecule has 2 unspecified atom stereocenters. The molecular weight excluding hydrogens is 385 g/mol. The van der Waals surface area contributed by atoms with Gasteiger partial charge in [-0.25, -0.2) is 0 Å². The molecule has 0 aliphatic heterocycles. The van der Waals surface area contributed by atoms with E-state index in [1.807, 2.05) is 6.07 Å². The Kier molecular flexibility index (Phi) is 5.17. The van der Waals surface area contributed by atoms with E-state index in [2.05, 4.69) is 52.4 Å². The number of rotatable bonds is 4. The molecule has 0 N–H and O–H groups in total. The predicted molar refractivity (Wildman–Crippen MR) is 77.2 cm³/mol. The van der Waals surface area contributed by atoms with Gasteiger partial charge in [-0.2, -0.15) is 0 Å². The predicted octanol–water partition coefficient (Wildman–Crippen LogP) is 4.48. The first kappa shape index (κ1) is 13.9. The highest BCUT2D eigenvalue weighted by atomic mass is 127. The van der Waals surface area contributed by atoms with Gasteiger partial charge < -0.3 is 0 Å². The molecule has 0 saturated carbocycles. The molecule has 2 atom stereocenters. The molecule has 3 nitrogen and oxygen atoms in total. The molecule has 0 spiro atoms. The van der Waals surface area contributed by atoms with Crippen LogP contribution in [0, 0.1) is 13.7 Å². The molecule has 0 aromatic heterocycles. The van der Waals surface area contributed by atoms with Crippen LogP contribution in [0.25, 0.3) is 0 Å². The number of halogens is 2. The highest BCUT2D eigenvalue weighted by molar-refractivity contribution is 14.1. The Morgan fingerprint density at radius 3 is 2.62 bits per heavy atom. The maximum atomic E-state index is 10.6. The molecule has 16 heavy (non-hydrogen) atoms. The third-order valence-corrected chi connectivity index (χ3v) is 4.99. The average Bonchev–Trinajstić information content (AvgIpc) is 2.26. The average molecular weight is 398 g/mol. The third-order valence-electron chi connectivity index (χ3n) is 2.62. The molecule has 0 fully saturated rings. The molecule has 5 heteroatoms. The lowest BCUT2D eigenvalue weighted by Gasteiger charge is -2.18. The van der Waals surface area contributed by atoms with E-state index in [1.54, 1.807) is 12.1 Å². The van der Waals surface area contributed by atoms with Crippen molar-refractivity contribution in [3.63, 3.8) is 0 Å². The molecule has 88 valence electrons. The lowest BCUT2D eigenvalue weighted by molar-refractivity contribution is -0.385. The number of alkyl halides is 1.